The number of nitrogens with zero attached hydrogens (tertiary/aromatic N) is 1. The first kappa shape index (κ1) is 16.9. The second-order valence-electron chi connectivity index (χ2n) is 5.64. The third kappa shape index (κ3) is 10.8. The van der Waals surface area contributed by atoms with E-state index in [9.17, 15) is 0 Å². The van der Waals surface area contributed by atoms with Crippen LogP contribution in [-0.2, 0) is 0 Å². The minimum absolute atomic E-state index is 0.635. The predicted molar refractivity (Wildman–Crippen MR) is 78.6 cm³/mol. The topological polar surface area (TPSA) is 15.3 Å². The maximum absolute atomic E-state index is 3.47. The Morgan fingerprint density at radius 2 is 1.65 bits per heavy atom. The van der Waals surface area contributed by atoms with Gasteiger partial charge in [-0.2, -0.15) is 0 Å². The fraction of sp³-hybridized carbons (Fsp3) is 1.00. The van der Waals surface area contributed by atoms with Crippen LogP contribution in [0, 0.1) is 0 Å². The minimum atomic E-state index is 0.635. The van der Waals surface area contributed by atoms with E-state index in [1.54, 1.807) is 0 Å². The normalized spacial score (nSPS) is 13.6. The van der Waals surface area contributed by atoms with Gasteiger partial charge in [0.2, 0.25) is 0 Å². The predicted octanol–water partition coefficient (Wildman–Crippen LogP) is 3.67. The van der Waals surface area contributed by atoms with Crippen molar-refractivity contribution in [2.45, 2.75) is 78.3 Å². The van der Waals surface area contributed by atoms with Crippen LogP contribution >= 0.6 is 0 Å². The quantitative estimate of drug-likeness (QED) is 0.556. The summed E-state index contributed by atoms with van der Waals surface area (Å²) in [6.45, 7) is 11.5. The van der Waals surface area contributed by atoms with Crippen molar-refractivity contribution >= 4 is 0 Å². The Hall–Kier alpha value is -0.0800. The summed E-state index contributed by atoms with van der Waals surface area (Å²) in [5.41, 5.74) is 0. The molecule has 17 heavy (non-hydrogen) atoms. The highest BCUT2D eigenvalue weighted by Crippen LogP contribution is 2.07. The van der Waals surface area contributed by atoms with Crippen LogP contribution in [0.25, 0.3) is 0 Å². The molecular weight excluding hydrogens is 208 g/mol. The molecule has 0 amide bonds. The molecule has 0 radical (unpaired) electrons. The summed E-state index contributed by atoms with van der Waals surface area (Å²) in [7, 11) is 2.26. The SMILES string of the molecule is CCCC(C)N(C)CCCCCCNC(C)C. The molecule has 0 aromatic rings. The van der Waals surface area contributed by atoms with E-state index in [0.717, 1.165) is 6.04 Å². The maximum atomic E-state index is 3.47. The van der Waals surface area contributed by atoms with E-state index in [4.69, 9.17) is 0 Å². The molecule has 0 aliphatic carbocycles. The van der Waals surface area contributed by atoms with Crippen LogP contribution in [0.15, 0.2) is 0 Å². The van der Waals surface area contributed by atoms with E-state index >= 15 is 0 Å². The fourth-order valence-corrected chi connectivity index (χ4v) is 2.09. The van der Waals surface area contributed by atoms with Crippen molar-refractivity contribution in [3.05, 3.63) is 0 Å². The lowest BCUT2D eigenvalue weighted by molar-refractivity contribution is 0.239. The molecule has 0 saturated carbocycles. The van der Waals surface area contributed by atoms with E-state index in [0.29, 0.717) is 6.04 Å². The molecule has 0 fully saturated rings. The van der Waals surface area contributed by atoms with Crippen LogP contribution in [0.2, 0.25) is 0 Å². The average Bonchev–Trinajstić information content (AvgIpc) is 2.27. The third-order valence-electron chi connectivity index (χ3n) is 3.45. The van der Waals surface area contributed by atoms with Gasteiger partial charge >= 0.3 is 0 Å². The largest absolute Gasteiger partial charge is 0.315 e. The standard InChI is InChI=1S/C15H34N2/c1-6-11-15(4)17(5)13-10-8-7-9-12-16-14(2)3/h14-16H,6-13H2,1-5H3. The summed E-state index contributed by atoms with van der Waals surface area (Å²) in [5.74, 6) is 0. The van der Waals surface area contributed by atoms with Crippen LogP contribution in [-0.4, -0.2) is 37.1 Å². The smallest absolute Gasteiger partial charge is 0.00637 e. The Morgan fingerprint density at radius 3 is 2.24 bits per heavy atom. The van der Waals surface area contributed by atoms with E-state index in [2.05, 4.69) is 45.0 Å². The fourth-order valence-electron chi connectivity index (χ4n) is 2.09. The van der Waals surface area contributed by atoms with Crippen molar-refractivity contribution in [2.75, 3.05) is 20.1 Å². The van der Waals surface area contributed by atoms with E-state index in [1.807, 2.05) is 0 Å². The molecule has 1 unspecified atom stereocenters. The molecule has 0 rings (SSSR count). The van der Waals surface area contributed by atoms with Crippen molar-refractivity contribution in [2.24, 2.45) is 0 Å². The summed E-state index contributed by atoms with van der Waals surface area (Å²) in [5, 5.41) is 3.47. The van der Waals surface area contributed by atoms with Gasteiger partial charge < -0.3 is 10.2 Å². The van der Waals surface area contributed by atoms with Crippen LogP contribution in [0.4, 0.5) is 0 Å². The number of rotatable bonds is 11. The zero-order chi connectivity index (χ0) is 13.1. The Bertz CT molecular complexity index is 157. The van der Waals surface area contributed by atoms with Crippen LogP contribution in [0.1, 0.15) is 66.2 Å². The second-order valence-corrected chi connectivity index (χ2v) is 5.64. The van der Waals surface area contributed by atoms with E-state index in [-0.39, 0.29) is 0 Å². The van der Waals surface area contributed by atoms with Gasteiger partial charge in [-0.1, -0.05) is 40.0 Å². The highest BCUT2D eigenvalue weighted by molar-refractivity contribution is 4.62. The van der Waals surface area contributed by atoms with Crippen LogP contribution in [0.3, 0.4) is 0 Å². The molecule has 104 valence electrons. The van der Waals surface area contributed by atoms with E-state index in [1.165, 1.54) is 51.6 Å². The summed E-state index contributed by atoms with van der Waals surface area (Å²) in [6, 6.07) is 1.39. The minimum Gasteiger partial charge on any atom is -0.315 e. The van der Waals surface area contributed by atoms with Crippen molar-refractivity contribution in [1.82, 2.24) is 10.2 Å². The summed E-state index contributed by atoms with van der Waals surface area (Å²) < 4.78 is 0. The van der Waals surface area contributed by atoms with Crippen LogP contribution in [0.5, 0.6) is 0 Å². The third-order valence-corrected chi connectivity index (χ3v) is 3.45. The van der Waals surface area contributed by atoms with E-state index < -0.39 is 0 Å². The molecule has 0 aliphatic heterocycles. The average molecular weight is 242 g/mol. The molecule has 2 nitrogen and oxygen atoms in total. The number of nitrogens with one attached hydrogen (secondary N) is 1. The lowest BCUT2D eigenvalue weighted by Crippen LogP contribution is -2.29. The molecule has 0 aromatic carbocycles. The second kappa shape index (κ2) is 11.0. The summed E-state index contributed by atoms with van der Waals surface area (Å²) in [6.07, 6.45) is 8.05. The molecule has 0 aromatic heterocycles. The molecule has 2 heteroatoms. The molecule has 0 spiro atoms. The van der Waals surface area contributed by atoms with Gasteiger partial charge in [-0.3, -0.25) is 0 Å². The lowest BCUT2D eigenvalue weighted by Gasteiger charge is -2.24. The first-order chi connectivity index (χ1) is 8.07. The van der Waals surface area contributed by atoms with Crippen molar-refractivity contribution < 1.29 is 0 Å². The Balaban J connectivity index is 3.27. The van der Waals surface area contributed by atoms with Gasteiger partial charge in [0.1, 0.15) is 0 Å². The Morgan fingerprint density at radius 1 is 1.00 bits per heavy atom. The molecule has 0 saturated heterocycles. The zero-order valence-corrected chi connectivity index (χ0v) is 12.8. The number of hydrogen-bond acceptors (Lipinski definition) is 2. The highest BCUT2D eigenvalue weighted by atomic mass is 15.1. The first-order valence-electron chi connectivity index (χ1n) is 7.51. The van der Waals surface area contributed by atoms with Gasteiger partial charge in [-0.05, 0) is 46.3 Å². The molecule has 1 N–H and O–H groups in total. The first-order valence-corrected chi connectivity index (χ1v) is 7.51. The van der Waals surface area contributed by atoms with Gasteiger partial charge in [-0.25, -0.2) is 0 Å². The van der Waals surface area contributed by atoms with Crippen molar-refractivity contribution in [3.63, 3.8) is 0 Å². The highest BCUT2D eigenvalue weighted by Gasteiger charge is 2.06. The van der Waals surface area contributed by atoms with Gasteiger partial charge in [-0.15, -0.1) is 0 Å². The van der Waals surface area contributed by atoms with Crippen molar-refractivity contribution in [3.8, 4) is 0 Å². The zero-order valence-electron chi connectivity index (χ0n) is 12.8. The van der Waals surface area contributed by atoms with Crippen molar-refractivity contribution in [1.29, 1.82) is 0 Å². The van der Waals surface area contributed by atoms with Crippen LogP contribution < -0.4 is 5.32 Å². The number of unbranched alkanes of at least 4 members (excludes halogenated alkanes) is 3. The molecule has 0 aliphatic rings. The van der Waals surface area contributed by atoms with Gasteiger partial charge in [0.25, 0.3) is 0 Å². The number of hydrogen-bond donors (Lipinski definition) is 1. The Labute approximate surface area is 109 Å². The lowest BCUT2D eigenvalue weighted by atomic mass is 10.1. The molecule has 0 heterocycles. The van der Waals surface area contributed by atoms with Gasteiger partial charge in [0.15, 0.2) is 0 Å². The molecule has 1 atom stereocenters. The monoisotopic (exact) mass is 242 g/mol. The molecular formula is C15H34N2. The van der Waals surface area contributed by atoms with Gasteiger partial charge in [0, 0.05) is 12.1 Å². The molecule has 0 bridgehead atoms. The maximum Gasteiger partial charge on any atom is 0.00637 e. The van der Waals surface area contributed by atoms with Gasteiger partial charge in [0.05, 0.1) is 0 Å². The summed E-state index contributed by atoms with van der Waals surface area (Å²) >= 11 is 0. The Kier molecular flexibility index (Phi) is 11.0. The summed E-state index contributed by atoms with van der Waals surface area (Å²) in [4.78, 5) is 2.51.